The second-order valence-electron chi connectivity index (χ2n) is 5.33. The number of Topliss-reactive ketones (excluding diaryl/α,β-unsaturated/α-hetero) is 1. The molecule has 0 saturated heterocycles. The van der Waals surface area contributed by atoms with Gasteiger partial charge in [0.25, 0.3) is 0 Å². The summed E-state index contributed by atoms with van der Waals surface area (Å²) in [5, 5.41) is 3.17. The molecule has 0 aliphatic rings. The second kappa shape index (κ2) is 8.99. The van der Waals surface area contributed by atoms with Crippen LogP contribution in [-0.4, -0.2) is 24.3 Å². The standard InChI is InChI=1S/C19H18ClNO4/c1-2-18(23)21-15-9-7-13(8-10-15)17(22)12-25-19(24)11-14-5-3-4-6-16(14)20/h3-10H,2,11-12H2,1H3,(H,21,23). The summed E-state index contributed by atoms with van der Waals surface area (Å²) in [6.07, 6.45) is 0.386. The van der Waals surface area contributed by atoms with Crippen molar-refractivity contribution < 1.29 is 19.1 Å². The number of nitrogens with one attached hydrogen (secondary N) is 1. The summed E-state index contributed by atoms with van der Waals surface area (Å²) < 4.78 is 5.01. The molecule has 25 heavy (non-hydrogen) atoms. The fraction of sp³-hybridized carbons (Fsp3) is 0.211. The summed E-state index contributed by atoms with van der Waals surface area (Å²) in [4.78, 5) is 35.2. The number of ether oxygens (including phenoxy) is 1. The summed E-state index contributed by atoms with van der Waals surface area (Å²) in [6, 6.07) is 13.4. The predicted octanol–water partition coefficient (Wildman–Crippen LogP) is 3.66. The van der Waals surface area contributed by atoms with Crippen LogP contribution >= 0.6 is 11.6 Å². The number of hydrogen-bond acceptors (Lipinski definition) is 4. The van der Waals surface area contributed by atoms with Crippen LogP contribution in [0.3, 0.4) is 0 Å². The maximum atomic E-state index is 12.1. The van der Waals surface area contributed by atoms with Gasteiger partial charge in [0, 0.05) is 22.7 Å². The molecule has 2 aromatic rings. The third kappa shape index (κ3) is 5.72. The lowest BCUT2D eigenvalue weighted by molar-refractivity contribution is -0.141. The molecule has 0 aliphatic carbocycles. The Kier molecular flexibility index (Phi) is 6.71. The van der Waals surface area contributed by atoms with Gasteiger partial charge in [-0.15, -0.1) is 0 Å². The van der Waals surface area contributed by atoms with Crippen LogP contribution in [0, 0.1) is 0 Å². The highest BCUT2D eigenvalue weighted by Crippen LogP contribution is 2.16. The number of benzene rings is 2. The maximum Gasteiger partial charge on any atom is 0.310 e. The zero-order valence-electron chi connectivity index (χ0n) is 13.8. The molecule has 0 aromatic heterocycles. The summed E-state index contributed by atoms with van der Waals surface area (Å²) in [7, 11) is 0. The molecule has 0 aliphatic heterocycles. The Morgan fingerprint density at radius 2 is 1.72 bits per heavy atom. The summed E-state index contributed by atoms with van der Waals surface area (Å²) >= 11 is 5.98. The van der Waals surface area contributed by atoms with Gasteiger partial charge in [0.1, 0.15) is 0 Å². The first-order valence-electron chi connectivity index (χ1n) is 7.81. The van der Waals surface area contributed by atoms with Gasteiger partial charge in [-0.05, 0) is 35.9 Å². The van der Waals surface area contributed by atoms with Gasteiger partial charge in [-0.25, -0.2) is 0 Å². The molecule has 0 saturated carbocycles. The number of carbonyl (C=O) groups excluding carboxylic acids is 3. The predicted molar refractivity (Wildman–Crippen MR) is 95.8 cm³/mol. The van der Waals surface area contributed by atoms with Crippen LogP contribution in [0.1, 0.15) is 29.3 Å². The normalized spacial score (nSPS) is 10.2. The van der Waals surface area contributed by atoms with Crippen molar-refractivity contribution in [2.45, 2.75) is 19.8 Å². The third-order valence-electron chi connectivity index (χ3n) is 3.47. The molecule has 0 atom stereocenters. The maximum absolute atomic E-state index is 12.1. The molecule has 0 spiro atoms. The van der Waals surface area contributed by atoms with Crippen molar-refractivity contribution in [3.05, 3.63) is 64.7 Å². The van der Waals surface area contributed by atoms with E-state index in [9.17, 15) is 14.4 Å². The van der Waals surface area contributed by atoms with Gasteiger partial charge in [-0.1, -0.05) is 36.7 Å². The molecule has 1 N–H and O–H groups in total. The Morgan fingerprint density at radius 3 is 2.36 bits per heavy atom. The zero-order chi connectivity index (χ0) is 18.2. The molecular weight excluding hydrogens is 342 g/mol. The number of ketones is 1. The van der Waals surface area contributed by atoms with E-state index < -0.39 is 5.97 Å². The van der Waals surface area contributed by atoms with Gasteiger partial charge in [0.15, 0.2) is 12.4 Å². The number of hydrogen-bond donors (Lipinski definition) is 1. The minimum Gasteiger partial charge on any atom is -0.457 e. The van der Waals surface area contributed by atoms with Crippen LogP contribution in [-0.2, 0) is 20.7 Å². The van der Waals surface area contributed by atoms with Crippen molar-refractivity contribution in [3.8, 4) is 0 Å². The van der Waals surface area contributed by atoms with Crippen LogP contribution in [0.2, 0.25) is 5.02 Å². The zero-order valence-corrected chi connectivity index (χ0v) is 14.5. The molecular formula is C19H18ClNO4. The van der Waals surface area contributed by atoms with E-state index >= 15 is 0 Å². The lowest BCUT2D eigenvalue weighted by Gasteiger charge is -2.07. The minimum atomic E-state index is -0.520. The number of rotatable bonds is 7. The SMILES string of the molecule is CCC(=O)Nc1ccc(C(=O)COC(=O)Cc2ccccc2Cl)cc1. The number of esters is 1. The molecule has 0 heterocycles. The summed E-state index contributed by atoms with van der Waals surface area (Å²) in [5.41, 5.74) is 1.66. The Labute approximate surface area is 150 Å². The summed E-state index contributed by atoms with van der Waals surface area (Å²) in [6.45, 7) is 1.41. The summed E-state index contributed by atoms with van der Waals surface area (Å²) in [5.74, 6) is -0.943. The van der Waals surface area contributed by atoms with E-state index in [1.807, 2.05) is 0 Å². The van der Waals surface area contributed by atoms with Gasteiger partial charge in [0.2, 0.25) is 5.91 Å². The van der Waals surface area contributed by atoms with E-state index in [4.69, 9.17) is 16.3 Å². The van der Waals surface area contributed by atoms with Crippen molar-refractivity contribution in [1.82, 2.24) is 0 Å². The number of carbonyl (C=O) groups is 3. The lowest BCUT2D eigenvalue weighted by Crippen LogP contribution is -2.16. The average Bonchev–Trinajstić information content (AvgIpc) is 2.62. The minimum absolute atomic E-state index is 0.00887. The van der Waals surface area contributed by atoms with Crippen LogP contribution in [0.4, 0.5) is 5.69 Å². The topological polar surface area (TPSA) is 72.5 Å². The second-order valence-corrected chi connectivity index (χ2v) is 5.74. The molecule has 2 aromatic carbocycles. The van der Waals surface area contributed by atoms with E-state index in [1.165, 1.54) is 0 Å². The molecule has 1 amide bonds. The third-order valence-corrected chi connectivity index (χ3v) is 3.84. The quantitative estimate of drug-likeness (QED) is 0.605. The van der Waals surface area contributed by atoms with Gasteiger partial charge < -0.3 is 10.1 Å². The average molecular weight is 360 g/mol. The molecule has 2 rings (SSSR count). The van der Waals surface area contributed by atoms with E-state index in [1.54, 1.807) is 55.5 Å². The smallest absolute Gasteiger partial charge is 0.310 e. The highest BCUT2D eigenvalue weighted by atomic mass is 35.5. The van der Waals surface area contributed by atoms with Gasteiger partial charge >= 0.3 is 5.97 Å². The van der Waals surface area contributed by atoms with Gasteiger partial charge in [0.05, 0.1) is 6.42 Å². The van der Waals surface area contributed by atoms with E-state index in [-0.39, 0.29) is 24.7 Å². The first kappa shape index (κ1) is 18.7. The first-order chi connectivity index (χ1) is 12.0. The van der Waals surface area contributed by atoms with Gasteiger partial charge in [-0.2, -0.15) is 0 Å². The van der Waals surface area contributed by atoms with E-state index in [0.717, 1.165) is 0 Å². The molecule has 0 fully saturated rings. The van der Waals surface area contributed by atoms with Crippen molar-refractivity contribution in [3.63, 3.8) is 0 Å². The fourth-order valence-corrected chi connectivity index (χ4v) is 2.27. The van der Waals surface area contributed by atoms with Crippen molar-refractivity contribution in [2.75, 3.05) is 11.9 Å². The number of halogens is 1. The van der Waals surface area contributed by atoms with Crippen LogP contribution in [0.25, 0.3) is 0 Å². The van der Waals surface area contributed by atoms with Crippen molar-refractivity contribution in [2.24, 2.45) is 0 Å². The first-order valence-corrected chi connectivity index (χ1v) is 8.19. The Morgan fingerprint density at radius 1 is 1.04 bits per heavy atom. The van der Waals surface area contributed by atoms with Crippen LogP contribution in [0.15, 0.2) is 48.5 Å². The molecule has 130 valence electrons. The highest BCUT2D eigenvalue weighted by Gasteiger charge is 2.12. The largest absolute Gasteiger partial charge is 0.457 e. The lowest BCUT2D eigenvalue weighted by atomic mass is 10.1. The van der Waals surface area contributed by atoms with Crippen LogP contribution in [0.5, 0.6) is 0 Å². The Balaban J connectivity index is 1.86. The monoisotopic (exact) mass is 359 g/mol. The van der Waals surface area contributed by atoms with Crippen molar-refractivity contribution in [1.29, 1.82) is 0 Å². The van der Waals surface area contributed by atoms with Gasteiger partial charge in [-0.3, -0.25) is 14.4 Å². The van der Waals surface area contributed by atoms with E-state index in [0.29, 0.717) is 28.3 Å². The number of anilines is 1. The van der Waals surface area contributed by atoms with E-state index in [2.05, 4.69) is 5.32 Å². The molecule has 0 bridgehead atoms. The van der Waals surface area contributed by atoms with Crippen LogP contribution < -0.4 is 5.32 Å². The fourth-order valence-electron chi connectivity index (χ4n) is 2.07. The molecule has 0 radical (unpaired) electrons. The number of amides is 1. The Hall–Kier alpha value is -2.66. The highest BCUT2D eigenvalue weighted by molar-refractivity contribution is 6.31. The molecule has 5 nitrogen and oxygen atoms in total. The molecule has 6 heteroatoms. The Bertz CT molecular complexity index is 771. The molecule has 0 unspecified atom stereocenters. The van der Waals surface area contributed by atoms with Crippen molar-refractivity contribution >= 4 is 34.9 Å².